The van der Waals surface area contributed by atoms with Gasteiger partial charge >= 0.3 is 5.97 Å². The Morgan fingerprint density at radius 1 is 0.674 bits per heavy atom. The minimum absolute atomic E-state index is 0.115. The summed E-state index contributed by atoms with van der Waals surface area (Å²) in [5.41, 5.74) is 0.741. The monoisotopic (exact) mass is 641 g/mol. The molecular formula is C44H80O2. The van der Waals surface area contributed by atoms with Crippen LogP contribution in [0.25, 0.3) is 0 Å². The third-order valence-electron chi connectivity index (χ3n) is 14.9. The zero-order valence-corrected chi connectivity index (χ0v) is 32.0. The topological polar surface area (TPSA) is 26.3 Å². The van der Waals surface area contributed by atoms with Gasteiger partial charge in [0.25, 0.3) is 0 Å². The zero-order valence-electron chi connectivity index (χ0n) is 32.0. The van der Waals surface area contributed by atoms with Crippen molar-refractivity contribution >= 4 is 5.97 Å². The predicted octanol–water partition coefficient (Wildman–Crippen LogP) is 13.9. The van der Waals surface area contributed by atoms with Gasteiger partial charge in [-0.1, -0.05) is 144 Å². The number of carbonyl (C=O) groups is 1. The second-order valence-electron chi connectivity index (χ2n) is 18.3. The van der Waals surface area contributed by atoms with Gasteiger partial charge in [-0.15, -0.1) is 0 Å². The van der Waals surface area contributed by atoms with Crippen LogP contribution in [0.3, 0.4) is 0 Å². The summed E-state index contributed by atoms with van der Waals surface area (Å²) in [7, 11) is 0. The lowest BCUT2D eigenvalue weighted by atomic mass is 9.44. The number of unbranched alkanes of at least 4 members (excludes halogenated alkanes) is 13. The maximum atomic E-state index is 13.3. The number of hydrogen-bond acceptors (Lipinski definition) is 2. The van der Waals surface area contributed by atoms with Crippen LogP contribution in [0.15, 0.2) is 0 Å². The van der Waals surface area contributed by atoms with Gasteiger partial charge in [-0.05, 0) is 111 Å². The van der Waals surface area contributed by atoms with Crippen LogP contribution in [0.4, 0.5) is 0 Å². The Morgan fingerprint density at radius 3 is 1.93 bits per heavy atom. The SMILES string of the molecule is CCCCCCCCCCCCCCCCC(=O)OC1CCC[C@H]2CC[C@H]3[C@@H]4CC[C@H]([C@H](C)CCCC(C)C)[C@@]4(C)CC[C@@H]3[C@@]12C. The maximum Gasteiger partial charge on any atom is 0.306 e. The van der Waals surface area contributed by atoms with E-state index in [9.17, 15) is 4.79 Å². The average Bonchev–Trinajstić information content (AvgIpc) is 3.38. The molecule has 0 aromatic carbocycles. The molecular weight excluding hydrogens is 560 g/mol. The fraction of sp³-hybridized carbons (Fsp3) is 0.977. The van der Waals surface area contributed by atoms with Crippen molar-refractivity contribution in [1.82, 2.24) is 0 Å². The van der Waals surface area contributed by atoms with Crippen molar-refractivity contribution in [2.45, 2.75) is 221 Å². The van der Waals surface area contributed by atoms with E-state index in [4.69, 9.17) is 4.74 Å². The van der Waals surface area contributed by atoms with E-state index in [1.165, 1.54) is 154 Å². The number of esters is 1. The smallest absolute Gasteiger partial charge is 0.306 e. The average molecular weight is 641 g/mol. The molecule has 46 heavy (non-hydrogen) atoms. The first-order valence-corrected chi connectivity index (χ1v) is 21.4. The highest BCUT2D eigenvalue weighted by atomic mass is 16.5. The van der Waals surface area contributed by atoms with E-state index in [0.717, 1.165) is 54.3 Å². The first-order valence-electron chi connectivity index (χ1n) is 21.4. The number of fused-ring (bicyclic) bond motifs is 5. The molecule has 4 fully saturated rings. The molecule has 0 bridgehead atoms. The Morgan fingerprint density at radius 2 is 1.30 bits per heavy atom. The van der Waals surface area contributed by atoms with Gasteiger partial charge < -0.3 is 4.74 Å². The Labute approximate surface area is 288 Å². The van der Waals surface area contributed by atoms with Gasteiger partial charge in [0.05, 0.1) is 0 Å². The summed E-state index contributed by atoms with van der Waals surface area (Å²) in [4.78, 5) is 13.3. The van der Waals surface area contributed by atoms with Gasteiger partial charge in [-0.25, -0.2) is 0 Å². The van der Waals surface area contributed by atoms with Crippen LogP contribution in [-0.4, -0.2) is 12.1 Å². The second kappa shape index (κ2) is 19.0. The molecule has 0 aliphatic heterocycles. The fourth-order valence-corrected chi connectivity index (χ4v) is 12.2. The standard InChI is InChI=1S/C44H80O2/c1-7-8-9-10-11-12-13-14-15-16-17-18-19-20-27-42(45)46-41-26-22-25-36-28-29-37-39-31-30-38(35(4)24-21-23-34(2)3)43(39,5)33-32-40(37)44(36,41)6/h34-41H,7-33H2,1-6H3/t35-,36+,37+,38-,39+,40+,41?,43-,44+/m1/s1. The molecule has 2 nitrogen and oxygen atoms in total. The molecule has 0 aromatic rings. The summed E-state index contributed by atoms with van der Waals surface area (Å²) in [6.45, 7) is 15.0. The maximum absolute atomic E-state index is 13.3. The van der Waals surface area contributed by atoms with Gasteiger partial charge in [0.15, 0.2) is 0 Å². The fourth-order valence-electron chi connectivity index (χ4n) is 12.2. The van der Waals surface area contributed by atoms with Crippen molar-refractivity contribution in [2.24, 2.45) is 52.3 Å². The highest BCUT2D eigenvalue weighted by Gasteiger charge is 2.62. The van der Waals surface area contributed by atoms with E-state index >= 15 is 0 Å². The Bertz CT molecular complexity index is 864. The number of rotatable bonds is 21. The van der Waals surface area contributed by atoms with Gasteiger partial charge in [0.1, 0.15) is 6.10 Å². The van der Waals surface area contributed by atoms with Crippen molar-refractivity contribution in [1.29, 1.82) is 0 Å². The lowest BCUT2D eigenvalue weighted by Crippen LogP contribution is -2.58. The normalized spacial score (nSPS) is 34.6. The third kappa shape index (κ3) is 9.79. The number of carbonyl (C=O) groups excluding carboxylic acids is 1. The summed E-state index contributed by atoms with van der Waals surface area (Å²) in [6.07, 6.45) is 36.3. The molecule has 4 aliphatic carbocycles. The Kier molecular flexibility index (Phi) is 15.8. The van der Waals surface area contributed by atoms with E-state index in [1.54, 1.807) is 0 Å². The van der Waals surface area contributed by atoms with Crippen LogP contribution in [0.2, 0.25) is 0 Å². The first kappa shape index (κ1) is 38.3. The van der Waals surface area contributed by atoms with E-state index < -0.39 is 0 Å². The number of ether oxygens (including phenoxy) is 1. The van der Waals surface area contributed by atoms with Crippen molar-refractivity contribution < 1.29 is 9.53 Å². The third-order valence-corrected chi connectivity index (χ3v) is 14.9. The van der Waals surface area contributed by atoms with Crippen molar-refractivity contribution in [2.75, 3.05) is 0 Å². The van der Waals surface area contributed by atoms with Crippen LogP contribution in [0.1, 0.15) is 215 Å². The molecule has 0 spiro atoms. The quantitative estimate of drug-likeness (QED) is 0.0921. The van der Waals surface area contributed by atoms with Gasteiger partial charge in [0.2, 0.25) is 0 Å². The molecule has 2 heteroatoms. The summed E-state index contributed by atoms with van der Waals surface area (Å²) in [6, 6.07) is 0. The highest BCUT2D eigenvalue weighted by Crippen LogP contribution is 2.68. The van der Waals surface area contributed by atoms with E-state index in [-0.39, 0.29) is 17.5 Å². The van der Waals surface area contributed by atoms with E-state index in [0.29, 0.717) is 11.8 Å². The Balaban J connectivity index is 1.19. The summed E-state index contributed by atoms with van der Waals surface area (Å²) < 4.78 is 6.55. The minimum Gasteiger partial charge on any atom is -0.462 e. The summed E-state index contributed by atoms with van der Waals surface area (Å²) >= 11 is 0. The predicted molar refractivity (Wildman–Crippen MR) is 198 cm³/mol. The lowest BCUT2D eigenvalue weighted by Gasteiger charge is -2.62. The van der Waals surface area contributed by atoms with Crippen LogP contribution < -0.4 is 0 Å². The van der Waals surface area contributed by atoms with Crippen LogP contribution >= 0.6 is 0 Å². The van der Waals surface area contributed by atoms with Crippen LogP contribution in [0, 0.1) is 52.3 Å². The second-order valence-corrected chi connectivity index (χ2v) is 18.3. The minimum atomic E-state index is 0.115. The molecule has 4 aliphatic rings. The Hall–Kier alpha value is -0.530. The molecule has 0 radical (unpaired) electrons. The molecule has 0 amide bonds. The van der Waals surface area contributed by atoms with Crippen LogP contribution in [-0.2, 0) is 9.53 Å². The van der Waals surface area contributed by atoms with E-state index in [2.05, 4.69) is 41.5 Å². The van der Waals surface area contributed by atoms with Crippen molar-refractivity contribution in [3.8, 4) is 0 Å². The molecule has 0 heterocycles. The molecule has 4 rings (SSSR count). The van der Waals surface area contributed by atoms with Gasteiger partial charge in [-0.2, -0.15) is 0 Å². The number of hydrogen-bond donors (Lipinski definition) is 0. The highest BCUT2D eigenvalue weighted by molar-refractivity contribution is 5.69. The lowest BCUT2D eigenvalue weighted by molar-refractivity contribution is -0.192. The molecule has 4 saturated carbocycles. The molecule has 9 atom stereocenters. The molecule has 268 valence electrons. The van der Waals surface area contributed by atoms with Crippen molar-refractivity contribution in [3.05, 3.63) is 0 Å². The molecule has 1 unspecified atom stereocenters. The summed E-state index contributed by atoms with van der Waals surface area (Å²) in [5, 5.41) is 0. The largest absolute Gasteiger partial charge is 0.462 e. The van der Waals surface area contributed by atoms with Crippen LogP contribution in [0.5, 0.6) is 0 Å². The molecule has 0 aromatic heterocycles. The molecule has 0 saturated heterocycles. The van der Waals surface area contributed by atoms with Crippen molar-refractivity contribution in [3.63, 3.8) is 0 Å². The van der Waals surface area contributed by atoms with Gasteiger partial charge in [0, 0.05) is 11.8 Å². The molecule has 0 N–H and O–H groups in total. The zero-order chi connectivity index (χ0) is 33.0. The summed E-state index contributed by atoms with van der Waals surface area (Å²) in [5.74, 6) is 6.02. The van der Waals surface area contributed by atoms with Gasteiger partial charge in [-0.3, -0.25) is 4.79 Å². The first-order chi connectivity index (χ1) is 22.2. The van der Waals surface area contributed by atoms with E-state index in [1.807, 2.05) is 0 Å².